The zero-order valence-electron chi connectivity index (χ0n) is 8.36. The van der Waals surface area contributed by atoms with Gasteiger partial charge in [0.1, 0.15) is 18.9 Å². The van der Waals surface area contributed by atoms with Crippen molar-refractivity contribution >= 4 is 23.2 Å². The Morgan fingerprint density at radius 3 is 2.71 bits per heavy atom. The maximum Gasteiger partial charge on any atom is 0.307 e. The molecule has 2 aromatic heterocycles. The molecule has 0 amide bonds. The Hall–Kier alpha value is -2.22. The summed E-state index contributed by atoms with van der Waals surface area (Å²) in [6.07, 6.45) is 4.92. The lowest BCUT2D eigenvalue weighted by atomic mass is 10.5. The minimum Gasteiger partial charge on any atom is -0.270 e. The van der Waals surface area contributed by atoms with Crippen LogP contribution in [0.3, 0.4) is 0 Å². The van der Waals surface area contributed by atoms with Crippen molar-refractivity contribution in [1.29, 1.82) is 0 Å². The molecule has 0 aliphatic carbocycles. The number of rotatable bonds is 3. The molecule has 0 bridgehead atoms. The molecule has 17 heavy (non-hydrogen) atoms. The molecule has 0 spiro atoms. The van der Waals surface area contributed by atoms with Crippen LogP contribution in [0.5, 0.6) is 0 Å². The topological polar surface area (TPSA) is 95.9 Å². The third kappa shape index (κ3) is 2.48. The van der Waals surface area contributed by atoms with Crippen LogP contribution in [0.1, 0.15) is 4.79 Å². The van der Waals surface area contributed by atoms with Crippen molar-refractivity contribution in [1.82, 2.24) is 19.6 Å². The average Bonchev–Trinajstić information content (AvgIpc) is 2.86. The number of carbonyl (C=O) groups is 1. The monoisotopic (exact) mass is 255 g/mol. The number of aromatic nitrogens is 4. The van der Waals surface area contributed by atoms with E-state index in [0.717, 1.165) is 15.6 Å². The molecule has 0 aliphatic heterocycles. The van der Waals surface area contributed by atoms with E-state index in [-0.39, 0.29) is 12.2 Å². The van der Waals surface area contributed by atoms with Crippen LogP contribution >= 0.6 is 11.6 Å². The van der Waals surface area contributed by atoms with E-state index in [1.807, 2.05) is 0 Å². The lowest BCUT2D eigenvalue weighted by molar-refractivity contribution is -0.385. The molecule has 0 saturated heterocycles. The van der Waals surface area contributed by atoms with Crippen LogP contribution in [0.15, 0.2) is 24.8 Å². The lowest BCUT2D eigenvalue weighted by Crippen LogP contribution is -2.18. The first-order chi connectivity index (χ1) is 8.06. The summed E-state index contributed by atoms with van der Waals surface area (Å²) in [5.74, 6) is -0.394. The second kappa shape index (κ2) is 4.34. The quantitative estimate of drug-likeness (QED) is 0.602. The van der Waals surface area contributed by atoms with Gasteiger partial charge in [-0.15, -0.1) is 0 Å². The zero-order valence-corrected chi connectivity index (χ0v) is 9.11. The summed E-state index contributed by atoms with van der Waals surface area (Å²) in [6.45, 7) is -0.147. The van der Waals surface area contributed by atoms with Gasteiger partial charge in [-0.25, -0.2) is 4.68 Å². The van der Waals surface area contributed by atoms with Crippen LogP contribution < -0.4 is 0 Å². The Morgan fingerprint density at radius 2 is 2.18 bits per heavy atom. The molecule has 88 valence electrons. The largest absolute Gasteiger partial charge is 0.307 e. The second-order valence-electron chi connectivity index (χ2n) is 3.15. The number of halogens is 1. The average molecular weight is 256 g/mol. The van der Waals surface area contributed by atoms with E-state index >= 15 is 0 Å². The summed E-state index contributed by atoms with van der Waals surface area (Å²) in [4.78, 5) is 21.4. The standard InChI is InChI=1S/C8H6ClN5O3/c9-6-1-11-13(3-6)8(15)5-12-4-7(2-10-12)14(16)17/h1-4H,5H2. The maximum atomic E-state index is 11.6. The fourth-order valence-corrected chi connectivity index (χ4v) is 1.32. The van der Waals surface area contributed by atoms with E-state index in [9.17, 15) is 14.9 Å². The molecule has 0 atom stereocenters. The van der Waals surface area contributed by atoms with Gasteiger partial charge in [-0.05, 0) is 0 Å². The van der Waals surface area contributed by atoms with E-state index in [0.29, 0.717) is 5.02 Å². The van der Waals surface area contributed by atoms with Gasteiger partial charge in [0.25, 0.3) is 5.91 Å². The highest BCUT2D eigenvalue weighted by Gasteiger charge is 2.12. The maximum absolute atomic E-state index is 11.6. The molecule has 2 aromatic rings. The molecule has 2 rings (SSSR count). The molecular formula is C8H6ClN5O3. The molecule has 0 saturated carbocycles. The summed E-state index contributed by atoms with van der Waals surface area (Å²) < 4.78 is 2.21. The first-order valence-corrected chi connectivity index (χ1v) is 4.84. The van der Waals surface area contributed by atoms with Crippen molar-refractivity contribution in [3.05, 3.63) is 39.9 Å². The molecule has 2 heterocycles. The van der Waals surface area contributed by atoms with Crippen LogP contribution in [0.4, 0.5) is 5.69 Å². The molecule has 0 fully saturated rings. The van der Waals surface area contributed by atoms with Crippen molar-refractivity contribution in [3.63, 3.8) is 0 Å². The number of hydrogen-bond donors (Lipinski definition) is 0. The highest BCUT2D eigenvalue weighted by atomic mass is 35.5. The minimum absolute atomic E-state index is 0.147. The Kier molecular flexibility index (Phi) is 2.88. The SMILES string of the molecule is O=C(Cn1cc([N+](=O)[O-])cn1)n1cc(Cl)cn1. The molecule has 0 N–H and O–H groups in total. The number of hydrogen-bond acceptors (Lipinski definition) is 5. The van der Waals surface area contributed by atoms with E-state index in [2.05, 4.69) is 10.2 Å². The Bertz CT molecular complexity index is 575. The van der Waals surface area contributed by atoms with Crippen LogP contribution in [0.25, 0.3) is 0 Å². The van der Waals surface area contributed by atoms with Crippen LogP contribution in [0, 0.1) is 10.1 Å². The van der Waals surface area contributed by atoms with Crippen molar-refractivity contribution < 1.29 is 9.72 Å². The Balaban J connectivity index is 2.10. The van der Waals surface area contributed by atoms with Gasteiger partial charge in [0.2, 0.25) is 0 Å². The first-order valence-electron chi connectivity index (χ1n) is 4.46. The Morgan fingerprint density at radius 1 is 1.41 bits per heavy atom. The van der Waals surface area contributed by atoms with Gasteiger partial charge in [0.15, 0.2) is 0 Å². The molecular weight excluding hydrogens is 250 g/mol. The van der Waals surface area contributed by atoms with Gasteiger partial charge in [0, 0.05) is 0 Å². The summed E-state index contributed by atoms with van der Waals surface area (Å²) in [5, 5.41) is 18.1. The molecule has 0 unspecified atom stereocenters. The number of nitrogens with zero attached hydrogens (tertiary/aromatic N) is 5. The molecule has 0 radical (unpaired) electrons. The van der Waals surface area contributed by atoms with Gasteiger partial charge in [-0.1, -0.05) is 11.6 Å². The van der Waals surface area contributed by atoms with Gasteiger partial charge >= 0.3 is 5.69 Å². The van der Waals surface area contributed by atoms with Crippen molar-refractivity contribution in [2.45, 2.75) is 6.54 Å². The van der Waals surface area contributed by atoms with Crippen molar-refractivity contribution in [2.75, 3.05) is 0 Å². The normalized spacial score (nSPS) is 10.4. The van der Waals surface area contributed by atoms with Gasteiger partial charge < -0.3 is 0 Å². The van der Waals surface area contributed by atoms with E-state index in [1.165, 1.54) is 18.6 Å². The predicted molar refractivity (Wildman–Crippen MR) is 56.7 cm³/mol. The smallest absolute Gasteiger partial charge is 0.270 e. The van der Waals surface area contributed by atoms with Crippen molar-refractivity contribution in [3.8, 4) is 0 Å². The molecule has 0 aliphatic rings. The van der Waals surface area contributed by atoms with Crippen LogP contribution in [-0.2, 0) is 6.54 Å². The third-order valence-corrected chi connectivity index (χ3v) is 2.13. The highest BCUT2D eigenvalue weighted by Crippen LogP contribution is 2.08. The van der Waals surface area contributed by atoms with E-state index in [1.54, 1.807) is 0 Å². The Labute approximate surface area is 99.6 Å². The van der Waals surface area contributed by atoms with Crippen LogP contribution in [0.2, 0.25) is 5.02 Å². The fraction of sp³-hybridized carbons (Fsp3) is 0.125. The summed E-state index contributed by atoms with van der Waals surface area (Å²) in [5.41, 5.74) is -0.170. The van der Waals surface area contributed by atoms with E-state index < -0.39 is 10.8 Å². The first kappa shape index (κ1) is 11.3. The molecule has 8 nitrogen and oxygen atoms in total. The zero-order chi connectivity index (χ0) is 12.4. The van der Waals surface area contributed by atoms with Gasteiger partial charge in [0.05, 0.1) is 22.3 Å². The minimum atomic E-state index is -0.585. The second-order valence-corrected chi connectivity index (χ2v) is 3.59. The summed E-state index contributed by atoms with van der Waals surface area (Å²) >= 11 is 5.61. The van der Waals surface area contributed by atoms with Gasteiger partial charge in [-0.2, -0.15) is 10.2 Å². The van der Waals surface area contributed by atoms with Gasteiger partial charge in [-0.3, -0.25) is 19.6 Å². The lowest BCUT2D eigenvalue weighted by Gasteiger charge is -1.99. The number of nitro groups is 1. The van der Waals surface area contributed by atoms with Crippen molar-refractivity contribution in [2.24, 2.45) is 0 Å². The molecule has 0 aromatic carbocycles. The summed E-state index contributed by atoms with van der Waals surface area (Å²) in [7, 11) is 0. The van der Waals surface area contributed by atoms with Crippen LogP contribution in [-0.4, -0.2) is 30.4 Å². The summed E-state index contributed by atoms with van der Waals surface area (Å²) in [6, 6.07) is 0. The molecule has 9 heteroatoms. The van der Waals surface area contributed by atoms with E-state index in [4.69, 9.17) is 11.6 Å². The third-order valence-electron chi connectivity index (χ3n) is 1.93. The highest BCUT2D eigenvalue weighted by molar-refractivity contribution is 6.30. The fourth-order valence-electron chi connectivity index (χ4n) is 1.18. The number of carbonyl (C=O) groups excluding carboxylic acids is 1. The predicted octanol–water partition coefficient (Wildman–Crippen LogP) is 0.982.